The van der Waals surface area contributed by atoms with Gasteiger partial charge in [0.2, 0.25) is 0 Å². The molecule has 0 aliphatic heterocycles. The van der Waals surface area contributed by atoms with Crippen LogP contribution in [0.5, 0.6) is 0 Å². The molecule has 0 spiro atoms. The second-order valence-corrected chi connectivity index (χ2v) is 2.12. The molecule has 5 heavy (non-hydrogen) atoms. The summed E-state index contributed by atoms with van der Waals surface area (Å²) in [5, 5.41) is 0. The van der Waals surface area contributed by atoms with Crippen LogP contribution >= 0.6 is 0 Å². The maximum absolute atomic E-state index is 9.86. The molecule has 0 aromatic carbocycles. The number of rotatable bonds is 0. The molecule has 0 unspecified atom stereocenters. The Morgan fingerprint density at radius 3 is 0.800 bits per heavy atom. The number of hydrogen-bond acceptors (Lipinski definition) is 0. The second kappa shape index (κ2) is 1.28. The molecule has 0 rings (SSSR count). The summed E-state index contributed by atoms with van der Waals surface area (Å²) in [7, 11) is 0. The van der Waals surface area contributed by atoms with Gasteiger partial charge in [0.1, 0.15) is 0 Å². The average Bonchev–Trinajstić information content (AvgIpc) is 0.722. The molecule has 0 saturated carbocycles. The second-order valence-electron chi connectivity index (χ2n) is 0.258. The predicted octanol–water partition coefficient (Wildman–Crippen LogP) is 1.68. The molecule has 0 bridgehead atoms. The summed E-state index contributed by atoms with van der Waals surface area (Å²) in [4.78, 5) is 0. The first-order chi connectivity index (χ1) is 2.00. The van der Waals surface area contributed by atoms with Crippen LogP contribution in [0.15, 0.2) is 0 Å². The van der Waals surface area contributed by atoms with Gasteiger partial charge in [0, 0.05) is 0 Å². The van der Waals surface area contributed by atoms with Crippen LogP contribution in [0.3, 0.4) is 0 Å². The van der Waals surface area contributed by atoms with Crippen LogP contribution in [0, 0.1) is 0 Å². The van der Waals surface area contributed by atoms with Gasteiger partial charge in [0.05, 0.1) is 0 Å². The fourth-order valence-corrected chi connectivity index (χ4v) is 0. The Bertz CT molecular complexity index is 19.1. The van der Waals surface area contributed by atoms with Crippen LogP contribution in [-0.4, -0.2) is 0 Å². The van der Waals surface area contributed by atoms with Crippen molar-refractivity contribution < 1.29 is 31.4 Å². The Morgan fingerprint density at radius 1 is 0.800 bits per heavy atom. The van der Waals surface area contributed by atoms with E-state index in [0.29, 0.717) is 0 Å². The van der Waals surface area contributed by atoms with Crippen molar-refractivity contribution in [1.29, 1.82) is 0 Å². The van der Waals surface area contributed by atoms with Gasteiger partial charge in [-0.05, 0) is 0 Å². The molecule has 5 heteroatoms. The fourth-order valence-electron chi connectivity index (χ4n) is 0. The third-order valence-electron chi connectivity index (χ3n) is 0. The minimum atomic E-state index is -6.89. The van der Waals surface area contributed by atoms with E-state index in [0.717, 1.165) is 0 Å². The molecule has 40 valence electrons. The molecule has 0 amide bonds. The topological polar surface area (TPSA) is 0 Å². The van der Waals surface area contributed by atoms with Gasteiger partial charge in [-0.2, -0.15) is 0 Å². The van der Waals surface area contributed by atoms with Gasteiger partial charge in [-0.1, -0.05) is 0 Å². The Morgan fingerprint density at radius 2 is 0.800 bits per heavy atom. The first kappa shape index (κ1) is 5.46. The van der Waals surface area contributed by atoms with Crippen LogP contribution in [0.1, 0.15) is 0 Å². The molecule has 0 aliphatic carbocycles. The summed E-state index contributed by atoms with van der Waals surface area (Å²) < 4.78 is 39.4. The zero-order valence-corrected chi connectivity index (χ0v) is 3.98. The summed E-state index contributed by atoms with van der Waals surface area (Å²) in [5.74, 6) is 0. The average molecular weight is 273 g/mol. The van der Waals surface area contributed by atoms with Crippen molar-refractivity contribution >= 4 is 0 Å². The van der Waals surface area contributed by atoms with E-state index in [1.165, 1.54) is 0 Å². The van der Waals surface area contributed by atoms with Gasteiger partial charge in [-0.3, -0.25) is 0 Å². The quantitative estimate of drug-likeness (QED) is 0.465. The van der Waals surface area contributed by atoms with E-state index >= 15 is 0 Å². The zero-order chi connectivity index (χ0) is 4.50. The van der Waals surface area contributed by atoms with Gasteiger partial charge in [-0.25, -0.2) is 0 Å². The van der Waals surface area contributed by atoms with Crippen LogP contribution in [0.2, 0.25) is 0 Å². The molecule has 0 nitrogen and oxygen atoms in total. The Labute approximate surface area is 32.1 Å². The summed E-state index contributed by atoms with van der Waals surface area (Å²) in [6, 6.07) is 0. The van der Waals surface area contributed by atoms with Crippen molar-refractivity contribution in [2.75, 3.05) is 0 Å². The number of hydrogen-bond donors (Lipinski definition) is 0. The molecule has 0 atom stereocenters. The maximum atomic E-state index is 9.86. The van der Waals surface area contributed by atoms with Gasteiger partial charge in [0.15, 0.2) is 0 Å². The molecule has 0 saturated heterocycles. The summed E-state index contributed by atoms with van der Waals surface area (Å²) in [6.45, 7) is 0. The van der Waals surface area contributed by atoms with Crippen molar-refractivity contribution in [3.8, 4) is 0 Å². The van der Waals surface area contributed by atoms with E-state index in [9.17, 15) is 12.1 Å². The molecule has 0 aromatic heterocycles. The predicted molar refractivity (Wildman–Crippen MR) is 4.43 cm³/mol. The van der Waals surface area contributed by atoms with Crippen molar-refractivity contribution in [3.63, 3.8) is 0 Å². The Hall–Kier alpha value is 0.460. The van der Waals surface area contributed by atoms with Crippen molar-refractivity contribution in [3.05, 3.63) is 0 Å². The standard InChI is InChI=1S/Au.4FH/h;4*1H/q+3;;;;/p-4. The number of halogens is 4. The molecule has 0 N–H and O–H groups in total. The van der Waals surface area contributed by atoms with Gasteiger partial charge < -0.3 is 0 Å². The van der Waals surface area contributed by atoms with Crippen molar-refractivity contribution in [2.24, 2.45) is 0 Å². The molecule has 0 heterocycles. The van der Waals surface area contributed by atoms with Crippen LogP contribution in [-0.2, 0) is 19.3 Å². The Kier molecular flexibility index (Phi) is 1.40. The van der Waals surface area contributed by atoms with Crippen molar-refractivity contribution in [2.45, 2.75) is 0 Å². The van der Waals surface area contributed by atoms with Gasteiger partial charge >= 0.3 is 31.4 Å². The summed E-state index contributed by atoms with van der Waals surface area (Å²) in [5.41, 5.74) is 0. The van der Waals surface area contributed by atoms with Crippen molar-refractivity contribution in [1.82, 2.24) is 0 Å². The summed E-state index contributed by atoms with van der Waals surface area (Å²) in [6.07, 6.45) is 0. The molecular formula is AuF4-. The Balaban J connectivity index is 3.02. The van der Waals surface area contributed by atoms with E-state index in [1.54, 1.807) is 0 Å². The monoisotopic (exact) mass is 273 g/mol. The molecule has 0 radical (unpaired) electrons. The van der Waals surface area contributed by atoms with Crippen LogP contribution in [0.25, 0.3) is 0 Å². The van der Waals surface area contributed by atoms with Gasteiger partial charge in [-0.15, -0.1) is 0 Å². The van der Waals surface area contributed by atoms with E-state index in [-0.39, 0.29) is 0 Å². The normalized spacial score (nSPS) is 15.2. The van der Waals surface area contributed by atoms with Crippen LogP contribution < -0.4 is 0 Å². The van der Waals surface area contributed by atoms with E-state index < -0.39 is 19.3 Å². The molecule has 0 fully saturated rings. The van der Waals surface area contributed by atoms with Crippen LogP contribution in [0.4, 0.5) is 12.1 Å². The first-order valence-electron chi connectivity index (χ1n) is 0.456. The molecule has 0 aliphatic rings. The molecule has 0 aromatic rings. The third kappa shape index (κ3) is 127. The molecular weight excluding hydrogens is 273 g/mol. The van der Waals surface area contributed by atoms with E-state index in [2.05, 4.69) is 0 Å². The zero-order valence-electron chi connectivity index (χ0n) is 1.81. The third-order valence-corrected chi connectivity index (χ3v) is 0. The SMILES string of the molecule is [F][Au-]([F])([F])[F]. The fraction of sp³-hybridized carbons (Fsp3) is 0. The summed E-state index contributed by atoms with van der Waals surface area (Å²) >= 11 is -6.89. The van der Waals surface area contributed by atoms with E-state index in [4.69, 9.17) is 0 Å². The minimum absolute atomic E-state index is 6.89. The van der Waals surface area contributed by atoms with Gasteiger partial charge in [0.25, 0.3) is 0 Å². The first-order valence-corrected chi connectivity index (χ1v) is 3.73. The van der Waals surface area contributed by atoms with E-state index in [1.807, 2.05) is 0 Å².